The van der Waals surface area contributed by atoms with Gasteiger partial charge in [0.1, 0.15) is 10.6 Å². The zero-order chi connectivity index (χ0) is 22.3. The molecule has 1 aromatic heterocycles. The number of hydrogen-bond donors (Lipinski definition) is 0. The van der Waals surface area contributed by atoms with Crippen LogP contribution in [-0.4, -0.2) is 22.1 Å². The molecule has 0 fully saturated rings. The van der Waals surface area contributed by atoms with Gasteiger partial charge in [0.2, 0.25) is 11.2 Å². The van der Waals surface area contributed by atoms with Gasteiger partial charge in [-0.25, -0.2) is 13.6 Å². The predicted molar refractivity (Wildman–Crippen MR) is 102 cm³/mol. The third kappa shape index (κ3) is 3.48. The highest BCUT2D eigenvalue weighted by molar-refractivity contribution is 6.36. The first-order valence-corrected chi connectivity index (χ1v) is 8.87. The summed E-state index contributed by atoms with van der Waals surface area (Å²) in [5.74, 6) is -5.32. The molecule has 12 heteroatoms. The molecule has 1 heterocycles. The van der Waals surface area contributed by atoms with Crippen molar-refractivity contribution in [1.82, 2.24) is 4.57 Å². The Hall–Kier alpha value is -3.11. The van der Waals surface area contributed by atoms with Crippen molar-refractivity contribution in [3.63, 3.8) is 0 Å². The molecule has 7 nitrogen and oxygen atoms in total. The molecule has 0 amide bonds. The van der Waals surface area contributed by atoms with Crippen molar-refractivity contribution in [3.8, 4) is 5.69 Å². The van der Waals surface area contributed by atoms with Gasteiger partial charge < -0.3 is 9.30 Å². The summed E-state index contributed by atoms with van der Waals surface area (Å²) in [5.41, 5.74) is -3.36. The van der Waals surface area contributed by atoms with Crippen LogP contribution in [0.4, 0.5) is 18.9 Å². The Bertz CT molecular complexity index is 1290. The third-order valence-corrected chi connectivity index (χ3v) is 4.74. The van der Waals surface area contributed by atoms with Crippen LogP contribution in [0.1, 0.15) is 17.3 Å². The summed E-state index contributed by atoms with van der Waals surface area (Å²) < 4.78 is 47.6. The van der Waals surface area contributed by atoms with E-state index >= 15 is 0 Å². The van der Waals surface area contributed by atoms with Crippen LogP contribution in [0.25, 0.3) is 16.6 Å². The van der Waals surface area contributed by atoms with Gasteiger partial charge in [0.25, 0.3) is 0 Å². The zero-order valence-corrected chi connectivity index (χ0v) is 16.4. The van der Waals surface area contributed by atoms with E-state index in [-0.39, 0.29) is 12.3 Å². The largest absolute Gasteiger partial charge is 0.462 e. The van der Waals surface area contributed by atoms with Crippen molar-refractivity contribution in [1.29, 1.82) is 0 Å². The molecular weight excluding hydrogens is 452 g/mol. The average Bonchev–Trinajstić information content (AvgIpc) is 2.67. The van der Waals surface area contributed by atoms with Crippen molar-refractivity contribution in [2.24, 2.45) is 0 Å². The van der Waals surface area contributed by atoms with E-state index in [9.17, 15) is 32.9 Å². The topological polar surface area (TPSA) is 91.4 Å². The maximum atomic E-state index is 14.1. The number of fused-ring (bicyclic) bond motifs is 1. The summed E-state index contributed by atoms with van der Waals surface area (Å²) in [6, 6.07) is 1.84. The normalized spacial score (nSPS) is 11.0. The van der Waals surface area contributed by atoms with E-state index < -0.39 is 66.0 Å². The molecule has 3 aromatic rings. The SMILES string of the molecule is CCOC(=O)c1cn(-c2cc([N+](=O)[O-])c(F)cc2Cl)c2c(Cl)c(F)c(F)cc2c1=O. The maximum Gasteiger partial charge on any atom is 0.343 e. The predicted octanol–water partition coefficient (Wildman–Crippen LogP) is 4.80. The Labute approximate surface area is 175 Å². The number of ether oxygens (including phenoxy) is 1. The molecule has 0 saturated carbocycles. The van der Waals surface area contributed by atoms with Crippen LogP contribution >= 0.6 is 23.2 Å². The lowest BCUT2D eigenvalue weighted by Gasteiger charge is -2.16. The Balaban J connectivity index is 2.54. The highest BCUT2D eigenvalue weighted by Gasteiger charge is 2.25. The minimum absolute atomic E-state index is 0.0996. The number of benzene rings is 2. The number of rotatable bonds is 4. The second kappa shape index (κ2) is 7.96. The Kier molecular flexibility index (Phi) is 5.73. The van der Waals surface area contributed by atoms with E-state index in [0.29, 0.717) is 18.2 Å². The van der Waals surface area contributed by atoms with Gasteiger partial charge in [0.05, 0.1) is 33.1 Å². The first-order valence-electron chi connectivity index (χ1n) is 8.12. The number of aromatic nitrogens is 1. The number of halogens is 5. The summed E-state index contributed by atoms with van der Waals surface area (Å²) in [6.07, 6.45) is 0.856. The Morgan fingerprint density at radius 1 is 1.20 bits per heavy atom. The standard InChI is InChI=1S/C18H9Cl2F3N2O5/c1-2-30-18(27)8-6-24(12-5-13(25(28)29)10(21)4-9(12)19)16-7(17(8)26)3-11(22)15(23)14(16)20/h3-6H,2H2,1H3. The van der Waals surface area contributed by atoms with E-state index in [4.69, 9.17) is 27.9 Å². The number of pyridine rings is 1. The second-order valence-electron chi connectivity index (χ2n) is 5.86. The summed E-state index contributed by atoms with van der Waals surface area (Å²) in [7, 11) is 0. The molecule has 0 atom stereocenters. The lowest BCUT2D eigenvalue weighted by Crippen LogP contribution is -2.21. The Morgan fingerprint density at radius 3 is 2.47 bits per heavy atom. The quantitative estimate of drug-likeness (QED) is 0.241. The van der Waals surface area contributed by atoms with Crippen molar-refractivity contribution < 1.29 is 27.6 Å². The van der Waals surface area contributed by atoms with Gasteiger partial charge in [-0.2, -0.15) is 4.39 Å². The average molecular weight is 461 g/mol. The molecule has 0 spiro atoms. The second-order valence-corrected chi connectivity index (χ2v) is 6.64. The van der Waals surface area contributed by atoms with Crippen LogP contribution in [0, 0.1) is 27.6 Å². The molecule has 0 N–H and O–H groups in total. The van der Waals surface area contributed by atoms with E-state index in [1.165, 1.54) is 6.92 Å². The first kappa shape index (κ1) is 21.6. The first-order chi connectivity index (χ1) is 14.1. The smallest absolute Gasteiger partial charge is 0.343 e. The molecule has 0 aliphatic rings. The van der Waals surface area contributed by atoms with Crippen LogP contribution in [-0.2, 0) is 4.74 Å². The third-order valence-electron chi connectivity index (χ3n) is 4.09. The van der Waals surface area contributed by atoms with E-state index in [1.807, 2.05) is 0 Å². The van der Waals surface area contributed by atoms with Gasteiger partial charge in [-0.15, -0.1) is 0 Å². The van der Waals surface area contributed by atoms with E-state index in [1.54, 1.807) is 0 Å². The number of carbonyl (C=O) groups is 1. The number of hydrogen-bond acceptors (Lipinski definition) is 5. The molecule has 0 aliphatic carbocycles. The van der Waals surface area contributed by atoms with Crippen molar-refractivity contribution in [3.05, 3.63) is 77.8 Å². The Morgan fingerprint density at radius 2 is 1.87 bits per heavy atom. The van der Waals surface area contributed by atoms with Crippen molar-refractivity contribution in [2.45, 2.75) is 6.92 Å². The van der Waals surface area contributed by atoms with Gasteiger partial charge in [-0.05, 0) is 13.0 Å². The highest BCUT2D eigenvalue weighted by Crippen LogP contribution is 2.34. The molecule has 0 radical (unpaired) electrons. The van der Waals surface area contributed by atoms with Crippen LogP contribution in [0.2, 0.25) is 10.0 Å². The van der Waals surface area contributed by atoms with Crippen molar-refractivity contribution >= 4 is 45.8 Å². The van der Waals surface area contributed by atoms with Crippen LogP contribution in [0.15, 0.2) is 29.2 Å². The molecule has 156 valence electrons. The molecule has 0 saturated heterocycles. The van der Waals surface area contributed by atoms with Crippen LogP contribution in [0.3, 0.4) is 0 Å². The minimum atomic E-state index is -1.51. The van der Waals surface area contributed by atoms with E-state index in [0.717, 1.165) is 10.8 Å². The monoisotopic (exact) mass is 460 g/mol. The minimum Gasteiger partial charge on any atom is -0.462 e. The molecular formula is C18H9Cl2F3N2O5. The number of nitro groups is 1. The lowest BCUT2D eigenvalue weighted by atomic mass is 10.1. The van der Waals surface area contributed by atoms with Gasteiger partial charge in [-0.1, -0.05) is 23.2 Å². The van der Waals surface area contributed by atoms with Gasteiger partial charge in [0, 0.05) is 18.3 Å². The number of carbonyl (C=O) groups excluding carboxylic acids is 1. The fraction of sp³-hybridized carbons (Fsp3) is 0.111. The zero-order valence-electron chi connectivity index (χ0n) is 14.8. The fourth-order valence-corrected chi connectivity index (χ4v) is 3.31. The molecule has 2 aromatic carbocycles. The molecule has 0 bridgehead atoms. The number of esters is 1. The molecule has 30 heavy (non-hydrogen) atoms. The number of nitro benzene ring substituents is 1. The summed E-state index contributed by atoms with van der Waals surface area (Å²) in [6.45, 7) is 1.38. The maximum absolute atomic E-state index is 14.1. The fourth-order valence-electron chi connectivity index (χ4n) is 2.79. The highest BCUT2D eigenvalue weighted by atomic mass is 35.5. The lowest BCUT2D eigenvalue weighted by molar-refractivity contribution is -0.387. The molecule has 0 aliphatic heterocycles. The van der Waals surface area contributed by atoms with E-state index in [2.05, 4.69) is 0 Å². The molecule has 3 rings (SSSR count). The van der Waals surface area contributed by atoms with Gasteiger partial charge in [-0.3, -0.25) is 14.9 Å². The summed E-state index contributed by atoms with van der Waals surface area (Å²) in [4.78, 5) is 35.0. The summed E-state index contributed by atoms with van der Waals surface area (Å²) >= 11 is 11.9. The summed E-state index contributed by atoms with van der Waals surface area (Å²) in [5, 5.41) is 9.36. The number of nitrogens with zero attached hydrogens (tertiary/aromatic N) is 2. The van der Waals surface area contributed by atoms with Crippen LogP contribution < -0.4 is 5.43 Å². The van der Waals surface area contributed by atoms with Gasteiger partial charge >= 0.3 is 11.7 Å². The molecule has 0 unspecified atom stereocenters. The van der Waals surface area contributed by atoms with Crippen molar-refractivity contribution in [2.75, 3.05) is 6.61 Å². The van der Waals surface area contributed by atoms with Crippen LogP contribution in [0.5, 0.6) is 0 Å². The van der Waals surface area contributed by atoms with Gasteiger partial charge in [0.15, 0.2) is 11.6 Å².